The maximum absolute atomic E-state index is 11.7. The summed E-state index contributed by atoms with van der Waals surface area (Å²) in [5, 5.41) is 13.0. The topological polar surface area (TPSA) is 90.8 Å². The van der Waals surface area contributed by atoms with Gasteiger partial charge in [0.2, 0.25) is 5.91 Å². The van der Waals surface area contributed by atoms with Crippen LogP contribution in [0.3, 0.4) is 0 Å². The minimum Gasteiger partial charge on any atom is -0.494 e. The molecule has 8 heteroatoms. The second-order valence-corrected chi connectivity index (χ2v) is 8.55. The zero-order valence-corrected chi connectivity index (χ0v) is 19.2. The van der Waals surface area contributed by atoms with E-state index in [2.05, 4.69) is 16.3 Å². The maximum atomic E-state index is 11.7. The van der Waals surface area contributed by atoms with Gasteiger partial charge in [0.15, 0.2) is 0 Å². The van der Waals surface area contributed by atoms with Crippen LogP contribution in [0.2, 0.25) is 0 Å². The van der Waals surface area contributed by atoms with E-state index in [9.17, 15) is 9.90 Å². The summed E-state index contributed by atoms with van der Waals surface area (Å²) in [5.41, 5.74) is 4.23. The molecule has 8 nitrogen and oxygen atoms in total. The highest BCUT2D eigenvalue weighted by Gasteiger charge is 2.30. The molecule has 2 aromatic rings. The van der Waals surface area contributed by atoms with Crippen molar-refractivity contribution >= 4 is 11.7 Å². The molecule has 1 unspecified atom stereocenters. The molecule has 4 rings (SSSR count). The van der Waals surface area contributed by atoms with E-state index < -0.39 is 0 Å². The first kappa shape index (κ1) is 22.5. The highest BCUT2D eigenvalue weighted by Crippen LogP contribution is 2.31. The molecule has 2 aliphatic heterocycles. The molecule has 0 radical (unpaired) electrons. The lowest BCUT2D eigenvalue weighted by molar-refractivity contribution is -0.127. The Morgan fingerprint density at radius 3 is 2.84 bits per heavy atom. The highest BCUT2D eigenvalue weighted by atomic mass is 16.5. The Labute approximate surface area is 189 Å². The molecular weight excluding hydrogens is 406 g/mol. The van der Waals surface area contributed by atoms with Crippen molar-refractivity contribution in [3.63, 3.8) is 0 Å². The van der Waals surface area contributed by atoms with E-state index in [4.69, 9.17) is 14.7 Å². The monoisotopic (exact) mass is 439 g/mol. The first-order valence-electron chi connectivity index (χ1n) is 11.4. The molecule has 2 N–H and O–H groups in total. The van der Waals surface area contributed by atoms with Crippen molar-refractivity contribution in [1.82, 2.24) is 19.8 Å². The molecule has 172 valence electrons. The first-order chi connectivity index (χ1) is 15.5. The molecule has 0 saturated carbocycles. The quantitative estimate of drug-likeness (QED) is 0.684. The number of carbonyl (C=O) groups is 1. The number of fused-ring (bicyclic) bond motifs is 1. The summed E-state index contributed by atoms with van der Waals surface area (Å²) in [7, 11) is 1.90. The lowest BCUT2D eigenvalue weighted by Gasteiger charge is -2.30. The average Bonchev–Trinajstić information content (AvgIpc) is 3.30. The maximum Gasteiger partial charge on any atom is 0.219 e. The molecule has 1 aromatic heterocycles. The molecule has 1 saturated heterocycles. The number of aliphatic hydroxyl groups excluding tert-OH is 1. The second kappa shape index (κ2) is 9.83. The van der Waals surface area contributed by atoms with Gasteiger partial charge in [-0.2, -0.15) is 0 Å². The summed E-state index contributed by atoms with van der Waals surface area (Å²) in [6.07, 6.45) is 1.78. The zero-order chi connectivity index (χ0) is 22.7. The van der Waals surface area contributed by atoms with Gasteiger partial charge in [-0.25, -0.2) is 9.97 Å². The number of carbonyl (C=O) groups excluding carboxylic acids is 1. The Bertz CT molecular complexity index is 963. The van der Waals surface area contributed by atoms with Crippen molar-refractivity contribution in [3.8, 4) is 5.75 Å². The fourth-order valence-corrected chi connectivity index (χ4v) is 4.68. The van der Waals surface area contributed by atoms with Crippen LogP contribution in [0.1, 0.15) is 54.4 Å². The molecule has 32 heavy (non-hydrogen) atoms. The Kier molecular flexibility index (Phi) is 6.91. The molecule has 0 aliphatic carbocycles. The standard InChI is InChI=1S/C24H33N5O3/c1-4-32-22-6-5-17(11-19(22)15-30)12-28-9-8-21-20(14-28)24(25-3)27-23(26-21)18-7-10-29(13-18)16(2)31/h5-6,11,18,30H,4,7-10,12-15H2,1-3H3,(H,25,26,27). The van der Waals surface area contributed by atoms with E-state index >= 15 is 0 Å². The summed E-state index contributed by atoms with van der Waals surface area (Å²) >= 11 is 0. The van der Waals surface area contributed by atoms with Gasteiger partial charge in [-0.3, -0.25) is 9.69 Å². The van der Waals surface area contributed by atoms with Gasteiger partial charge in [-0.1, -0.05) is 6.07 Å². The van der Waals surface area contributed by atoms with Gasteiger partial charge in [0.25, 0.3) is 0 Å². The van der Waals surface area contributed by atoms with Crippen molar-refractivity contribution in [2.45, 2.75) is 52.3 Å². The molecule has 1 amide bonds. The third-order valence-electron chi connectivity index (χ3n) is 6.39. The van der Waals surface area contributed by atoms with Gasteiger partial charge >= 0.3 is 0 Å². The van der Waals surface area contributed by atoms with E-state index in [0.29, 0.717) is 13.2 Å². The van der Waals surface area contributed by atoms with Crippen molar-refractivity contribution in [2.24, 2.45) is 0 Å². The third kappa shape index (κ3) is 4.71. The van der Waals surface area contributed by atoms with Gasteiger partial charge in [-0.05, 0) is 31.0 Å². The van der Waals surface area contributed by atoms with Crippen LogP contribution in [0, 0.1) is 0 Å². The van der Waals surface area contributed by atoms with Gasteiger partial charge in [0, 0.05) is 70.2 Å². The van der Waals surface area contributed by atoms with E-state index in [0.717, 1.165) is 78.8 Å². The Hall–Kier alpha value is -2.71. The largest absolute Gasteiger partial charge is 0.494 e. The molecule has 1 aromatic carbocycles. The number of amides is 1. The van der Waals surface area contributed by atoms with E-state index in [1.165, 1.54) is 0 Å². The summed E-state index contributed by atoms with van der Waals surface area (Å²) in [6, 6.07) is 6.04. The van der Waals surface area contributed by atoms with Crippen molar-refractivity contribution in [1.29, 1.82) is 0 Å². The number of benzene rings is 1. The molecule has 0 bridgehead atoms. The van der Waals surface area contributed by atoms with Crippen LogP contribution in [0.5, 0.6) is 5.75 Å². The van der Waals surface area contributed by atoms with Crippen LogP contribution in [-0.4, -0.2) is 64.1 Å². The molecule has 1 atom stereocenters. The number of nitrogens with one attached hydrogen (secondary N) is 1. The number of hydrogen-bond acceptors (Lipinski definition) is 7. The van der Waals surface area contributed by atoms with Gasteiger partial charge in [-0.15, -0.1) is 0 Å². The fraction of sp³-hybridized carbons (Fsp3) is 0.542. The summed E-state index contributed by atoms with van der Waals surface area (Å²) in [4.78, 5) is 25.7. The van der Waals surface area contributed by atoms with Crippen molar-refractivity contribution < 1.29 is 14.6 Å². The van der Waals surface area contributed by atoms with Crippen LogP contribution in [0.15, 0.2) is 18.2 Å². The van der Waals surface area contributed by atoms with E-state index in [1.807, 2.05) is 31.0 Å². The van der Waals surface area contributed by atoms with Gasteiger partial charge in [0.05, 0.1) is 18.9 Å². The van der Waals surface area contributed by atoms with Crippen molar-refractivity contribution in [2.75, 3.05) is 38.6 Å². The summed E-state index contributed by atoms with van der Waals surface area (Å²) in [5.74, 6) is 2.81. The number of hydrogen-bond donors (Lipinski definition) is 2. The summed E-state index contributed by atoms with van der Waals surface area (Å²) < 4.78 is 5.60. The molecule has 1 fully saturated rings. The van der Waals surface area contributed by atoms with Crippen molar-refractivity contribution in [3.05, 3.63) is 46.4 Å². The van der Waals surface area contributed by atoms with Crippen LogP contribution < -0.4 is 10.1 Å². The SMILES string of the molecule is CCOc1ccc(CN2CCc3nc(C4CCN(C(C)=O)C4)nc(NC)c3C2)cc1CO. The number of rotatable bonds is 7. The number of anilines is 1. The van der Waals surface area contributed by atoms with E-state index in [1.54, 1.807) is 6.92 Å². The predicted molar refractivity (Wildman–Crippen MR) is 123 cm³/mol. The number of likely N-dealkylation sites (tertiary alicyclic amines) is 1. The van der Waals surface area contributed by atoms with Crippen LogP contribution in [0.4, 0.5) is 5.82 Å². The fourth-order valence-electron chi connectivity index (χ4n) is 4.68. The zero-order valence-electron chi connectivity index (χ0n) is 19.2. The first-order valence-corrected chi connectivity index (χ1v) is 11.4. The second-order valence-electron chi connectivity index (χ2n) is 8.55. The summed E-state index contributed by atoms with van der Waals surface area (Å²) in [6.45, 7) is 8.08. The van der Waals surface area contributed by atoms with Crippen LogP contribution >= 0.6 is 0 Å². The number of nitrogens with zero attached hydrogens (tertiary/aromatic N) is 4. The predicted octanol–water partition coefficient (Wildman–Crippen LogP) is 2.30. The normalized spacial score (nSPS) is 18.5. The molecule has 3 heterocycles. The average molecular weight is 440 g/mol. The molecular formula is C24H33N5O3. The Balaban J connectivity index is 1.50. The lowest BCUT2D eigenvalue weighted by Crippen LogP contribution is -2.32. The van der Waals surface area contributed by atoms with Gasteiger partial charge < -0.3 is 20.1 Å². The van der Waals surface area contributed by atoms with Gasteiger partial charge in [0.1, 0.15) is 17.4 Å². The number of aliphatic hydroxyl groups is 1. The minimum absolute atomic E-state index is 0.0330. The highest BCUT2D eigenvalue weighted by molar-refractivity contribution is 5.73. The minimum atomic E-state index is -0.0330. The third-order valence-corrected chi connectivity index (χ3v) is 6.39. The van der Waals surface area contributed by atoms with Crippen LogP contribution in [-0.2, 0) is 30.9 Å². The lowest BCUT2D eigenvalue weighted by atomic mass is 10.0. The Morgan fingerprint density at radius 2 is 2.16 bits per heavy atom. The van der Waals surface area contributed by atoms with Crippen LogP contribution in [0.25, 0.3) is 0 Å². The number of aromatic nitrogens is 2. The molecule has 0 spiro atoms. The Morgan fingerprint density at radius 1 is 1.31 bits per heavy atom. The smallest absolute Gasteiger partial charge is 0.219 e. The molecule has 2 aliphatic rings. The van der Waals surface area contributed by atoms with E-state index in [-0.39, 0.29) is 18.4 Å². The number of ether oxygens (including phenoxy) is 1.